The molecule has 2 rings (SSSR count). The number of pyridine rings is 1. The summed E-state index contributed by atoms with van der Waals surface area (Å²) in [5, 5.41) is 1.09. The average molecular weight is 217 g/mol. The van der Waals surface area contributed by atoms with Gasteiger partial charge in [-0.3, -0.25) is 4.79 Å². The van der Waals surface area contributed by atoms with E-state index in [9.17, 15) is 4.79 Å². The van der Waals surface area contributed by atoms with Crippen LogP contribution in [0.3, 0.4) is 0 Å². The number of rotatable bonds is 4. The minimum Gasteiger partial charge on any atom is -0.298 e. The Morgan fingerprint density at radius 1 is 1.56 bits per heavy atom. The molecule has 0 amide bonds. The highest BCUT2D eigenvalue weighted by atomic mass is 16.1. The lowest BCUT2D eigenvalue weighted by molar-refractivity contribution is -0.679. The molecule has 3 nitrogen and oxygen atoms in total. The first-order chi connectivity index (χ1) is 7.74. The summed E-state index contributed by atoms with van der Waals surface area (Å²) in [5.41, 5.74) is 1.82. The number of aromatic amines is 1. The monoisotopic (exact) mass is 217 g/mol. The van der Waals surface area contributed by atoms with Crippen LogP contribution >= 0.6 is 0 Å². The molecule has 0 radical (unpaired) electrons. The second kappa shape index (κ2) is 4.47. The van der Waals surface area contributed by atoms with Crippen LogP contribution in [0.15, 0.2) is 24.5 Å². The van der Waals surface area contributed by atoms with Gasteiger partial charge in [-0.2, -0.15) is 0 Å². The van der Waals surface area contributed by atoms with Gasteiger partial charge in [0.15, 0.2) is 6.29 Å². The molecule has 3 heteroatoms. The fourth-order valence-electron chi connectivity index (χ4n) is 1.87. The van der Waals surface area contributed by atoms with E-state index in [1.807, 2.05) is 24.5 Å². The van der Waals surface area contributed by atoms with Gasteiger partial charge in [-0.15, -0.1) is 0 Å². The van der Waals surface area contributed by atoms with Crippen LogP contribution < -0.4 is 4.57 Å². The Morgan fingerprint density at radius 3 is 3.06 bits per heavy atom. The third-order valence-corrected chi connectivity index (χ3v) is 3.01. The van der Waals surface area contributed by atoms with Gasteiger partial charge in [0.05, 0.1) is 23.7 Å². The standard InChI is InChI=1S/C13H16N2O/c1-3-10(2)7-15-8-11(9-16)6-12-4-5-14-13(12)15/h4-6,8-10H,3,7H2,1-2H3/p+1. The summed E-state index contributed by atoms with van der Waals surface area (Å²) in [7, 11) is 0. The summed E-state index contributed by atoms with van der Waals surface area (Å²) < 4.78 is 2.13. The van der Waals surface area contributed by atoms with Crippen LogP contribution in [-0.4, -0.2) is 11.3 Å². The molecule has 0 saturated carbocycles. The van der Waals surface area contributed by atoms with Gasteiger partial charge in [0, 0.05) is 0 Å². The van der Waals surface area contributed by atoms with Gasteiger partial charge < -0.3 is 0 Å². The summed E-state index contributed by atoms with van der Waals surface area (Å²) in [6.45, 7) is 5.34. The molecule has 0 fully saturated rings. The van der Waals surface area contributed by atoms with E-state index in [2.05, 4.69) is 23.4 Å². The van der Waals surface area contributed by atoms with Gasteiger partial charge >= 0.3 is 0 Å². The Hall–Kier alpha value is -1.64. The van der Waals surface area contributed by atoms with Crippen molar-refractivity contribution in [2.24, 2.45) is 5.92 Å². The number of hydrogen-bond acceptors (Lipinski definition) is 1. The van der Waals surface area contributed by atoms with Crippen molar-refractivity contribution in [2.45, 2.75) is 26.8 Å². The summed E-state index contributed by atoms with van der Waals surface area (Å²) in [6, 6.07) is 3.90. The lowest BCUT2D eigenvalue weighted by atomic mass is 10.1. The quantitative estimate of drug-likeness (QED) is 0.619. The number of carbonyl (C=O) groups is 1. The molecule has 0 saturated heterocycles. The lowest BCUT2D eigenvalue weighted by Crippen LogP contribution is -2.38. The molecule has 2 aromatic rings. The minimum absolute atomic E-state index is 0.610. The van der Waals surface area contributed by atoms with Crippen LogP contribution in [0.5, 0.6) is 0 Å². The molecular formula is C13H17N2O+. The number of nitrogens with zero attached hydrogens (tertiary/aromatic N) is 1. The summed E-state index contributed by atoms with van der Waals surface area (Å²) in [5.74, 6) is 0.610. The molecule has 1 unspecified atom stereocenters. The molecular weight excluding hydrogens is 200 g/mol. The number of hydrogen-bond donors (Lipinski definition) is 1. The molecule has 2 heterocycles. The van der Waals surface area contributed by atoms with Crippen molar-refractivity contribution >= 4 is 17.3 Å². The van der Waals surface area contributed by atoms with Gasteiger partial charge in [0.2, 0.25) is 0 Å². The van der Waals surface area contributed by atoms with Crippen LogP contribution in [0.4, 0.5) is 0 Å². The van der Waals surface area contributed by atoms with Crippen molar-refractivity contribution in [2.75, 3.05) is 0 Å². The number of nitrogens with one attached hydrogen (secondary N) is 1. The molecule has 1 N–H and O–H groups in total. The van der Waals surface area contributed by atoms with Crippen molar-refractivity contribution in [1.29, 1.82) is 0 Å². The zero-order valence-electron chi connectivity index (χ0n) is 9.73. The van der Waals surface area contributed by atoms with Crippen molar-refractivity contribution in [3.05, 3.63) is 30.1 Å². The Kier molecular flexibility index (Phi) is 3.04. The normalized spacial score (nSPS) is 12.9. The molecule has 2 aromatic heterocycles. The number of aldehydes is 1. The molecule has 0 aliphatic heterocycles. The number of fused-ring (bicyclic) bond motifs is 1. The van der Waals surface area contributed by atoms with E-state index in [0.717, 1.165) is 35.8 Å². The van der Waals surface area contributed by atoms with E-state index < -0.39 is 0 Å². The zero-order valence-corrected chi connectivity index (χ0v) is 9.73. The van der Waals surface area contributed by atoms with Crippen molar-refractivity contribution in [1.82, 2.24) is 4.98 Å². The maximum Gasteiger partial charge on any atom is 0.286 e. The van der Waals surface area contributed by atoms with Crippen molar-refractivity contribution < 1.29 is 9.36 Å². The molecule has 0 aliphatic carbocycles. The van der Waals surface area contributed by atoms with Crippen LogP contribution in [0.1, 0.15) is 30.6 Å². The first-order valence-corrected chi connectivity index (χ1v) is 5.70. The van der Waals surface area contributed by atoms with Crippen LogP contribution in [0.2, 0.25) is 0 Å². The highest BCUT2D eigenvalue weighted by Gasteiger charge is 2.12. The fraction of sp³-hybridized carbons (Fsp3) is 0.385. The zero-order chi connectivity index (χ0) is 11.5. The van der Waals surface area contributed by atoms with Gasteiger partial charge in [0.1, 0.15) is 6.20 Å². The summed E-state index contributed by atoms with van der Waals surface area (Å²) in [6.07, 6.45) is 5.87. The highest BCUT2D eigenvalue weighted by Crippen LogP contribution is 2.10. The maximum absolute atomic E-state index is 10.9. The molecule has 0 spiro atoms. The number of carbonyl (C=O) groups excluding carboxylic acids is 1. The lowest BCUT2D eigenvalue weighted by Gasteiger charge is -2.07. The van der Waals surface area contributed by atoms with Crippen molar-refractivity contribution in [3.63, 3.8) is 0 Å². The molecule has 0 bridgehead atoms. The fourth-order valence-corrected chi connectivity index (χ4v) is 1.87. The molecule has 16 heavy (non-hydrogen) atoms. The molecule has 1 atom stereocenters. The Bertz CT molecular complexity index is 502. The molecule has 0 aliphatic rings. The molecule has 84 valence electrons. The highest BCUT2D eigenvalue weighted by molar-refractivity contribution is 5.82. The van der Waals surface area contributed by atoms with Gasteiger partial charge in [-0.25, -0.2) is 9.55 Å². The Morgan fingerprint density at radius 2 is 2.38 bits per heavy atom. The predicted molar refractivity (Wildman–Crippen MR) is 63.3 cm³/mol. The van der Waals surface area contributed by atoms with Crippen molar-refractivity contribution in [3.8, 4) is 0 Å². The average Bonchev–Trinajstić information content (AvgIpc) is 2.76. The third-order valence-electron chi connectivity index (χ3n) is 3.01. The Balaban J connectivity index is 2.48. The Labute approximate surface area is 95.1 Å². The van der Waals surface area contributed by atoms with Gasteiger partial charge in [-0.05, 0) is 24.5 Å². The maximum atomic E-state index is 10.9. The topological polar surface area (TPSA) is 36.7 Å². The van der Waals surface area contributed by atoms with Crippen LogP contribution in [0.25, 0.3) is 11.0 Å². The first-order valence-electron chi connectivity index (χ1n) is 5.70. The summed E-state index contributed by atoms with van der Waals surface area (Å²) >= 11 is 0. The SMILES string of the molecule is CCC(C)C[n+]1cc(C=O)cc2cc[nH]c21. The van der Waals surface area contributed by atoms with E-state index in [1.54, 1.807) is 0 Å². The second-order valence-corrected chi connectivity index (χ2v) is 4.34. The second-order valence-electron chi connectivity index (χ2n) is 4.34. The predicted octanol–water partition coefficient (Wildman–Crippen LogP) is 2.31. The van der Waals surface area contributed by atoms with E-state index in [1.165, 1.54) is 0 Å². The smallest absolute Gasteiger partial charge is 0.286 e. The van der Waals surface area contributed by atoms with E-state index >= 15 is 0 Å². The first kappa shape index (κ1) is 10.9. The molecule has 0 aromatic carbocycles. The summed E-state index contributed by atoms with van der Waals surface area (Å²) in [4.78, 5) is 14.1. The van der Waals surface area contributed by atoms with E-state index in [4.69, 9.17) is 0 Å². The van der Waals surface area contributed by atoms with Crippen LogP contribution in [-0.2, 0) is 6.54 Å². The van der Waals surface area contributed by atoms with E-state index in [0.29, 0.717) is 5.92 Å². The minimum atomic E-state index is 0.610. The third kappa shape index (κ3) is 1.98. The number of aromatic nitrogens is 2. The number of H-pyrrole nitrogens is 1. The van der Waals surface area contributed by atoms with E-state index in [-0.39, 0.29) is 0 Å². The largest absolute Gasteiger partial charge is 0.298 e. The van der Waals surface area contributed by atoms with Gasteiger partial charge in [-0.1, -0.05) is 13.8 Å². The van der Waals surface area contributed by atoms with Gasteiger partial charge in [0.25, 0.3) is 5.65 Å². The van der Waals surface area contributed by atoms with Crippen LogP contribution in [0, 0.1) is 5.92 Å².